The van der Waals surface area contributed by atoms with Gasteiger partial charge in [-0.25, -0.2) is 12.7 Å². The van der Waals surface area contributed by atoms with Gasteiger partial charge in [0.05, 0.1) is 25.9 Å². The Labute approximate surface area is 241 Å². The minimum absolute atomic E-state index is 0.0365. The summed E-state index contributed by atoms with van der Waals surface area (Å²) in [4.78, 5) is 12.6. The summed E-state index contributed by atoms with van der Waals surface area (Å²) in [6.07, 6.45) is 1.21. The predicted octanol–water partition coefficient (Wildman–Crippen LogP) is 4.16. The van der Waals surface area contributed by atoms with E-state index in [9.17, 15) is 23.4 Å². The third-order valence-electron chi connectivity index (χ3n) is 7.68. The predicted molar refractivity (Wildman–Crippen MR) is 158 cm³/mol. The van der Waals surface area contributed by atoms with Crippen molar-refractivity contribution >= 4 is 15.9 Å². The molecule has 1 aliphatic rings. The Hall–Kier alpha value is -3.60. The molecule has 1 saturated heterocycles. The van der Waals surface area contributed by atoms with Crippen molar-refractivity contribution in [1.82, 2.24) is 9.62 Å². The van der Waals surface area contributed by atoms with E-state index in [4.69, 9.17) is 9.47 Å². The Morgan fingerprint density at radius 3 is 2.46 bits per heavy atom. The van der Waals surface area contributed by atoms with Gasteiger partial charge in [0, 0.05) is 25.2 Å². The first-order valence-electron chi connectivity index (χ1n) is 13.7. The number of carbonyl (C=O) groups excluding carboxylic acids is 1. The molecule has 0 spiro atoms. The number of hydrogen-bond acceptors (Lipinski definition) is 7. The van der Waals surface area contributed by atoms with Crippen LogP contribution in [0.2, 0.25) is 0 Å². The zero-order chi connectivity index (χ0) is 29.6. The molecule has 0 aromatic heterocycles. The van der Waals surface area contributed by atoms with Crippen LogP contribution >= 0.6 is 0 Å². The van der Waals surface area contributed by atoms with Crippen LogP contribution in [0.5, 0.6) is 17.2 Å². The summed E-state index contributed by atoms with van der Waals surface area (Å²) in [5.74, 6) is 0.847. The third-order valence-corrected chi connectivity index (χ3v) is 10.2. The largest absolute Gasteiger partial charge is 0.507 e. The molecular weight excluding hydrogens is 544 g/mol. The van der Waals surface area contributed by atoms with Crippen LogP contribution in [-0.2, 0) is 10.0 Å². The number of aliphatic hydroxyl groups is 1. The van der Waals surface area contributed by atoms with Crippen molar-refractivity contribution in [3.05, 3.63) is 77.9 Å². The molecule has 1 atom stereocenters. The van der Waals surface area contributed by atoms with E-state index in [0.717, 1.165) is 28.2 Å². The molecule has 1 unspecified atom stereocenters. The lowest BCUT2D eigenvalue weighted by atomic mass is 9.89. The summed E-state index contributed by atoms with van der Waals surface area (Å²) in [6.45, 7) is 3.55. The normalized spacial score (nSPS) is 16.1. The van der Waals surface area contributed by atoms with Crippen molar-refractivity contribution in [2.45, 2.75) is 37.4 Å². The molecule has 1 heterocycles. The van der Waals surface area contributed by atoms with E-state index in [-0.39, 0.29) is 36.9 Å². The average Bonchev–Trinajstić information content (AvgIpc) is 3.00. The smallest absolute Gasteiger partial charge is 0.255 e. The van der Waals surface area contributed by atoms with E-state index < -0.39 is 27.3 Å². The maximum Gasteiger partial charge on any atom is 0.255 e. The molecule has 220 valence electrons. The fourth-order valence-corrected chi connectivity index (χ4v) is 6.85. The second kappa shape index (κ2) is 12.9. The lowest BCUT2D eigenvalue weighted by Crippen LogP contribution is -2.56. The lowest BCUT2D eigenvalue weighted by molar-refractivity contribution is 0.0942. The third kappa shape index (κ3) is 6.50. The van der Waals surface area contributed by atoms with Crippen LogP contribution in [0.3, 0.4) is 0 Å². The number of piperidine rings is 1. The summed E-state index contributed by atoms with van der Waals surface area (Å²) in [6, 6.07) is 20.0. The molecule has 1 aliphatic heterocycles. The molecular formula is C31H38N2O7S. The van der Waals surface area contributed by atoms with E-state index in [1.807, 2.05) is 43.3 Å². The molecule has 1 amide bonds. The summed E-state index contributed by atoms with van der Waals surface area (Å²) in [5.41, 5.74) is 3.04. The SMILES string of the molecule is CCOc1cccc(-c2ccc(C3CCN(S(=O)(=O)C(C)(CO)CNC(=O)c4ccccc4O)CC3)cc2OC)c1. The Morgan fingerprint density at radius 1 is 1.07 bits per heavy atom. The zero-order valence-corrected chi connectivity index (χ0v) is 24.5. The fraction of sp³-hybridized carbons (Fsp3) is 0.387. The molecule has 10 heteroatoms. The number of amides is 1. The van der Waals surface area contributed by atoms with Gasteiger partial charge in [-0.1, -0.05) is 36.4 Å². The lowest BCUT2D eigenvalue weighted by Gasteiger charge is -2.38. The van der Waals surface area contributed by atoms with Gasteiger partial charge in [0.2, 0.25) is 10.0 Å². The van der Waals surface area contributed by atoms with Gasteiger partial charge in [0.15, 0.2) is 0 Å². The molecule has 0 aliphatic carbocycles. The van der Waals surface area contributed by atoms with Crippen molar-refractivity contribution in [1.29, 1.82) is 0 Å². The van der Waals surface area contributed by atoms with E-state index >= 15 is 0 Å². The van der Waals surface area contributed by atoms with Gasteiger partial charge in [-0.2, -0.15) is 0 Å². The number of ether oxygens (including phenoxy) is 2. The standard InChI is InChI=1S/C31H38N2O7S/c1-4-40-25-9-7-8-24(18-25)26-13-12-23(19-29(26)39-3)22-14-16-33(17-15-22)41(37,38)31(2,21-34)20-32-30(36)27-10-5-6-11-28(27)35/h5-13,18-19,22,34-35H,4,14-17,20-21H2,1-3H3,(H,32,36). The summed E-state index contributed by atoms with van der Waals surface area (Å²) >= 11 is 0. The number of carbonyl (C=O) groups is 1. The maximum atomic E-state index is 13.6. The van der Waals surface area contributed by atoms with Crippen LogP contribution in [0.4, 0.5) is 0 Å². The second-order valence-corrected chi connectivity index (χ2v) is 12.9. The monoisotopic (exact) mass is 582 g/mol. The van der Waals surface area contributed by atoms with Gasteiger partial charge in [-0.05, 0) is 74.1 Å². The molecule has 1 fully saturated rings. The molecule has 0 bridgehead atoms. The van der Waals surface area contributed by atoms with Crippen LogP contribution < -0.4 is 14.8 Å². The van der Waals surface area contributed by atoms with Gasteiger partial charge < -0.3 is 25.0 Å². The summed E-state index contributed by atoms with van der Waals surface area (Å²) in [7, 11) is -2.33. The van der Waals surface area contributed by atoms with Gasteiger partial charge in [0.1, 0.15) is 22.0 Å². The second-order valence-electron chi connectivity index (χ2n) is 10.4. The van der Waals surface area contributed by atoms with E-state index in [0.29, 0.717) is 19.4 Å². The highest BCUT2D eigenvalue weighted by atomic mass is 32.2. The van der Waals surface area contributed by atoms with Crippen LogP contribution in [0.1, 0.15) is 48.5 Å². The first kappa shape index (κ1) is 30.4. The van der Waals surface area contributed by atoms with Crippen molar-refractivity contribution in [2.24, 2.45) is 0 Å². The highest BCUT2D eigenvalue weighted by Gasteiger charge is 2.44. The molecule has 3 aromatic rings. The van der Waals surface area contributed by atoms with Gasteiger partial charge in [-0.15, -0.1) is 0 Å². The molecule has 9 nitrogen and oxygen atoms in total. The van der Waals surface area contributed by atoms with Crippen molar-refractivity contribution in [2.75, 3.05) is 40.0 Å². The Kier molecular flexibility index (Phi) is 9.57. The van der Waals surface area contributed by atoms with Crippen LogP contribution in [0, 0.1) is 0 Å². The van der Waals surface area contributed by atoms with Crippen molar-refractivity contribution < 1.29 is 32.9 Å². The number of phenolic OH excluding ortho intramolecular Hbond substituents is 1. The number of nitrogens with one attached hydrogen (secondary N) is 1. The highest BCUT2D eigenvalue weighted by Crippen LogP contribution is 2.38. The summed E-state index contributed by atoms with van der Waals surface area (Å²) in [5, 5.41) is 22.6. The summed E-state index contributed by atoms with van der Waals surface area (Å²) < 4.78 is 38.4. The first-order chi connectivity index (χ1) is 19.6. The number of methoxy groups -OCH3 is 1. The van der Waals surface area contributed by atoms with E-state index in [1.165, 1.54) is 23.4 Å². The molecule has 4 rings (SSSR count). The zero-order valence-electron chi connectivity index (χ0n) is 23.7. The van der Waals surface area contributed by atoms with Gasteiger partial charge >= 0.3 is 0 Å². The molecule has 0 saturated carbocycles. The topological polar surface area (TPSA) is 125 Å². The Balaban J connectivity index is 1.44. The number of aliphatic hydroxyl groups excluding tert-OH is 1. The number of phenols is 1. The Morgan fingerprint density at radius 2 is 1.80 bits per heavy atom. The minimum Gasteiger partial charge on any atom is -0.507 e. The number of hydrogen-bond donors (Lipinski definition) is 3. The van der Waals surface area contributed by atoms with E-state index in [2.05, 4.69) is 11.4 Å². The van der Waals surface area contributed by atoms with Crippen LogP contribution in [0.25, 0.3) is 11.1 Å². The van der Waals surface area contributed by atoms with Crippen molar-refractivity contribution in [3.8, 4) is 28.4 Å². The van der Waals surface area contributed by atoms with Crippen LogP contribution in [0.15, 0.2) is 66.7 Å². The van der Waals surface area contributed by atoms with Gasteiger partial charge in [0.25, 0.3) is 5.91 Å². The Bertz CT molecular complexity index is 1470. The number of nitrogens with zero attached hydrogens (tertiary/aromatic N) is 1. The maximum absolute atomic E-state index is 13.6. The highest BCUT2D eigenvalue weighted by molar-refractivity contribution is 7.90. The number of sulfonamides is 1. The molecule has 0 radical (unpaired) electrons. The average molecular weight is 583 g/mol. The van der Waals surface area contributed by atoms with Gasteiger partial charge in [-0.3, -0.25) is 4.79 Å². The fourth-order valence-electron chi connectivity index (χ4n) is 5.12. The number of para-hydroxylation sites is 1. The van der Waals surface area contributed by atoms with E-state index in [1.54, 1.807) is 19.2 Å². The van der Waals surface area contributed by atoms with Crippen molar-refractivity contribution in [3.63, 3.8) is 0 Å². The molecule has 41 heavy (non-hydrogen) atoms. The first-order valence-corrected chi connectivity index (χ1v) is 15.2. The molecule has 3 aromatic carbocycles. The minimum atomic E-state index is -3.96. The number of aromatic hydroxyl groups is 1. The molecule has 3 N–H and O–H groups in total. The quantitative estimate of drug-likeness (QED) is 0.310. The van der Waals surface area contributed by atoms with Crippen LogP contribution in [-0.4, -0.2) is 73.5 Å². The number of benzene rings is 3. The number of rotatable bonds is 11.